The smallest absolute Gasteiger partial charge is 0.294 e. The molecule has 0 aliphatic heterocycles. The highest BCUT2D eigenvalue weighted by atomic mass is 32.2. The summed E-state index contributed by atoms with van der Waals surface area (Å²) in [4.78, 5) is 23.2. The molecule has 19 heavy (non-hydrogen) atoms. The largest absolute Gasteiger partial charge is 0.343 e. The average molecular weight is 277 g/mol. The number of carbonyl (C=O) groups is 1. The number of nitrogens with zero attached hydrogens (tertiary/aromatic N) is 2. The number of hydrogen-bond donors (Lipinski definition) is 1. The number of benzene rings is 1. The quantitative estimate of drug-likeness (QED) is 0.647. The highest BCUT2D eigenvalue weighted by Gasteiger charge is 2.09. The van der Waals surface area contributed by atoms with Crippen LogP contribution in [0.5, 0.6) is 0 Å². The summed E-state index contributed by atoms with van der Waals surface area (Å²) >= 11 is 1.42. The second-order valence-corrected chi connectivity index (χ2v) is 5.01. The molecular formula is C13H15N3O2S. The maximum atomic E-state index is 11.9. The van der Waals surface area contributed by atoms with Crippen molar-refractivity contribution in [2.45, 2.75) is 25.0 Å². The molecule has 1 aromatic carbocycles. The molecule has 1 N–H and O–H groups in total. The number of nitrogens with one attached hydrogen (secondary N) is 1. The maximum Gasteiger partial charge on any atom is 0.343 e. The lowest BCUT2D eigenvalue weighted by molar-refractivity contribution is 0.0989. The van der Waals surface area contributed by atoms with Crippen LogP contribution in [0.4, 0.5) is 0 Å². The summed E-state index contributed by atoms with van der Waals surface area (Å²) in [6.07, 6.45) is 0.430. The Morgan fingerprint density at radius 1 is 1.37 bits per heavy atom. The van der Waals surface area contributed by atoms with Crippen LogP contribution in [0.3, 0.4) is 0 Å². The van der Waals surface area contributed by atoms with Gasteiger partial charge in [-0.3, -0.25) is 9.36 Å². The second-order valence-electron chi connectivity index (χ2n) is 3.94. The predicted octanol–water partition coefficient (Wildman–Crippen LogP) is 1.96. The van der Waals surface area contributed by atoms with E-state index in [1.807, 2.05) is 37.3 Å². The van der Waals surface area contributed by atoms with E-state index >= 15 is 0 Å². The van der Waals surface area contributed by atoms with E-state index < -0.39 is 0 Å². The van der Waals surface area contributed by atoms with Crippen LogP contribution in [-0.2, 0) is 6.54 Å². The van der Waals surface area contributed by atoms with Gasteiger partial charge in [0.15, 0.2) is 10.9 Å². The normalized spacial score (nSPS) is 10.6. The third-order valence-corrected chi connectivity index (χ3v) is 3.67. The van der Waals surface area contributed by atoms with E-state index in [9.17, 15) is 9.59 Å². The molecular weight excluding hydrogens is 262 g/mol. The van der Waals surface area contributed by atoms with Crippen LogP contribution >= 0.6 is 11.8 Å². The first kappa shape index (κ1) is 13.6. The van der Waals surface area contributed by atoms with Crippen molar-refractivity contribution in [3.63, 3.8) is 0 Å². The number of H-pyrrole nitrogens is 1. The van der Waals surface area contributed by atoms with Crippen molar-refractivity contribution < 1.29 is 4.79 Å². The lowest BCUT2D eigenvalue weighted by Crippen LogP contribution is -2.16. The van der Waals surface area contributed by atoms with Gasteiger partial charge in [-0.2, -0.15) is 0 Å². The molecule has 0 saturated heterocycles. The molecule has 1 aromatic heterocycles. The zero-order valence-corrected chi connectivity index (χ0v) is 11.4. The summed E-state index contributed by atoms with van der Waals surface area (Å²) in [5, 5.41) is 6.98. The van der Waals surface area contributed by atoms with Crippen LogP contribution < -0.4 is 5.69 Å². The van der Waals surface area contributed by atoms with Gasteiger partial charge in [0, 0.05) is 24.3 Å². The van der Waals surface area contributed by atoms with Crippen molar-refractivity contribution >= 4 is 17.5 Å². The number of thioether (sulfide) groups is 1. The van der Waals surface area contributed by atoms with Crippen LogP contribution in [0.1, 0.15) is 23.7 Å². The number of aromatic amines is 1. The van der Waals surface area contributed by atoms with E-state index in [0.29, 0.717) is 23.9 Å². The van der Waals surface area contributed by atoms with Gasteiger partial charge >= 0.3 is 5.69 Å². The van der Waals surface area contributed by atoms with Gasteiger partial charge in [-0.1, -0.05) is 42.1 Å². The summed E-state index contributed by atoms with van der Waals surface area (Å²) in [6, 6.07) is 9.20. The second kappa shape index (κ2) is 6.38. The first-order valence-electron chi connectivity index (χ1n) is 6.08. The minimum absolute atomic E-state index is 0.106. The lowest BCUT2D eigenvalue weighted by Gasteiger charge is -2.02. The minimum atomic E-state index is -0.209. The molecule has 6 heteroatoms. The first-order valence-corrected chi connectivity index (χ1v) is 7.07. The number of ketones is 1. The Labute approximate surface area is 115 Å². The standard InChI is InChI=1S/C13H15N3O2S/c1-2-16-12(18)14-15-13(16)19-9-8-11(17)10-6-4-3-5-7-10/h3-7H,2,8-9H2,1H3,(H,14,18). The monoisotopic (exact) mass is 277 g/mol. The molecule has 0 amide bonds. The van der Waals surface area contributed by atoms with Crippen molar-refractivity contribution in [2.75, 3.05) is 5.75 Å². The molecule has 0 unspecified atom stereocenters. The zero-order valence-electron chi connectivity index (χ0n) is 10.6. The molecule has 0 saturated carbocycles. The van der Waals surface area contributed by atoms with Crippen molar-refractivity contribution in [1.82, 2.24) is 14.8 Å². The molecule has 5 nitrogen and oxygen atoms in total. The van der Waals surface area contributed by atoms with Crippen LogP contribution in [-0.4, -0.2) is 26.3 Å². The number of hydrogen-bond acceptors (Lipinski definition) is 4. The zero-order chi connectivity index (χ0) is 13.7. The van der Waals surface area contributed by atoms with Gasteiger partial charge in [0.2, 0.25) is 0 Å². The number of carbonyl (C=O) groups excluding carboxylic acids is 1. The highest BCUT2D eigenvalue weighted by Crippen LogP contribution is 2.15. The van der Waals surface area contributed by atoms with Crippen molar-refractivity contribution in [2.24, 2.45) is 0 Å². The topological polar surface area (TPSA) is 67.8 Å². The molecule has 0 radical (unpaired) electrons. The summed E-state index contributed by atoms with van der Waals surface area (Å²) in [7, 11) is 0. The Hall–Kier alpha value is -1.82. The van der Waals surface area contributed by atoms with Crippen LogP contribution in [0.2, 0.25) is 0 Å². The molecule has 2 aromatic rings. The van der Waals surface area contributed by atoms with Gasteiger partial charge < -0.3 is 0 Å². The van der Waals surface area contributed by atoms with Gasteiger partial charge in [-0.25, -0.2) is 9.89 Å². The van der Waals surface area contributed by atoms with Crippen LogP contribution in [0, 0.1) is 0 Å². The van der Waals surface area contributed by atoms with Crippen LogP contribution in [0.25, 0.3) is 0 Å². The molecule has 1 heterocycles. The Morgan fingerprint density at radius 3 is 2.79 bits per heavy atom. The van der Waals surface area contributed by atoms with E-state index in [0.717, 1.165) is 5.56 Å². The van der Waals surface area contributed by atoms with Gasteiger partial charge in [0.05, 0.1) is 0 Å². The number of aromatic nitrogens is 3. The van der Waals surface area contributed by atoms with Gasteiger partial charge in [0.25, 0.3) is 0 Å². The van der Waals surface area contributed by atoms with E-state index in [4.69, 9.17) is 0 Å². The molecule has 0 bridgehead atoms. The molecule has 100 valence electrons. The van der Waals surface area contributed by atoms with Crippen molar-refractivity contribution in [1.29, 1.82) is 0 Å². The Kier molecular flexibility index (Phi) is 4.57. The fourth-order valence-corrected chi connectivity index (χ4v) is 2.64. The molecule has 0 aliphatic carbocycles. The number of Topliss-reactive ketones (excluding diaryl/α,β-unsaturated/α-hetero) is 1. The molecule has 0 spiro atoms. The Morgan fingerprint density at radius 2 is 2.11 bits per heavy atom. The molecule has 0 aliphatic rings. The summed E-state index contributed by atoms with van der Waals surface area (Å²) in [6.45, 7) is 2.46. The minimum Gasteiger partial charge on any atom is -0.294 e. The lowest BCUT2D eigenvalue weighted by atomic mass is 10.1. The van der Waals surface area contributed by atoms with Gasteiger partial charge in [-0.05, 0) is 6.92 Å². The molecule has 2 rings (SSSR count). The first-order chi connectivity index (χ1) is 9.22. The van der Waals surface area contributed by atoms with Gasteiger partial charge in [-0.15, -0.1) is 5.10 Å². The predicted molar refractivity (Wildman–Crippen MR) is 74.6 cm³/mol. The van der Waals surface area contributed by atoms with E-state index in [2.05, 4.69) is 10.2 Å². The SMILES string of the molecule is CCn1c(SCCC(=O)c2ccccc2)n[nH]c1=O. The van der Waals surface area contributed by atoms with E-state index in [1.54, 1.807) is 4.57 Å². The Bertz CT molecular complexity index is 604. The van der Waals surface area contributed by atoms with Crippen molar-refractivity contribution in [3.05, 3.63) is 46.4 Å². The average Bonchev–Trinajstić information content (AvgIpc) is 2.80. The summed E-state index contributed by atoms with van der Waals surface area (Å²) in [5.74, 6) is 0.715. The van der Waals surface area contributed by atoms with Crippen molar-refractivity contribution in [3.8, 4) is 0 Å². The fraction of sp³-hybridized carbons (Fsp3) is 0.308. The summed E-state index contributed by atoms with van der Waals surface area (Å²) in [5.41, 5.74) is 0.511. The van der Waals surface area contributed by atoms with Gasteiger partial charge in [0.1, 0.15) is 0 Å². The third kappa shape index (κ3) is 3.35. The van der Waals surface area contributed by atoms with E-state index in [1.165, 1.54) is 11.8 Å². The summed E-state index contributed by atoms with van der Waals surface area (Å²) < 4.78 is 1.55. The Balaban J connectivity index is 1.90. The fourth-order valence-electron chi connectivity index (χ4n) is 1.70. The molecule has 0 fully saturated rings. The number of rotatable bonds is 6. The van der Waals surface area contributed by atoms with E-state index in [-0.39, 0.29) is 11.5 Å². The van der Waals surface area contributed by atoms with Crippen LogP contribution in [0.15, 0.2) is 40.3 Å². The third-order valence-electron chi connectivity index (χ3n) is 2.70. The molecule has 0 atom stereocenters. The highest BCUT2D eigenvalue weighted by molar-refractivity contribution is 7.99. The maximum absolute atomic E-state index is 11.9.